The predicted octanol–water partition coefficient (Wildman–Crippen LogP) is 2.63. The number of hydrogen-bond donors (Lipinski definition) is 0. The smallest absolute Gasteiger partial charge is 0.258 e. The molecule has 0 unspecified atom stereocenters. The van der Waals surface area contributed by atoms with Crippen molar-refractivity contribution < 1.29 is 9.18 Å². The number of pyridine rings is 1. The number of likely N-dealkylation sites (tertiary alicyclic amines) is 1. The Kier molecular flexibility index (Phi) is 4.07. The molecule has 2 heterocycles. The largest absolute Gasteiger partial charge is 0.339 e. The zero-order valence-electron chi connectivity index (χ0n) is 9.86. The fraction of sp³-hybridized carbons (Fsp3) is 0.538. The van der Waals surface area contributed by atoms with E-state index >= 15 is 0 Å². The van der Waals surface area contributed by atoms with Gasteiger partial charge >= 0.3 is 0 Å². The minimum atomic E-state index is -0.667. The van der Waals surface area contributed by atoms with E-state index < -0.39 is 5.95 Å². The van der Waals surface area contributed by atoms with Gasteiger partial charge in [0.25, 0.3) is 5.91 Å². The lowest BCUT2D eigenvalue weighted by Gasteiger charge is -2.24. The second kappa shape index (κ2) is 5.75. The highest BCUT2D eigenvalue weighted by Gasteiger charge is 2.19. The van der Waals surface area contributed by atoms with Crippen LogP contribution in [0.4, 0.5) is 4.39 Å². The number of aromatic nitrogens is 1. The maximum Gasteiger partial charge on any atom is 0.258 e. The fourth-order valence-electron chi connectivity index (χ4n) is 2.17. The minimum absolute atomic E-state index is 0.0908. The lowest BCUT2D eigenvalue weighted by Crippen LogP contribution is -2.34. The topological polar surface area (TPSA) is 33.2 Å². The van der Waals surface area contributed by atoms with Gasteiger partial charge in [-0.05, 0) is 25.0 Å². The summed E-state index contributed by atoms with van der Waals surface area (Å²) in [6.45, 7) is 1.46. The molecule has 1 fully saturated rings. The first kappa shape index (κ1) is 12.0. The molecule has 0 aliphatic carbocycles. The molecule has 0 saturated carbocycles. The molecule has 1 amide bonds. The molecule has 2 rings (SSSR count). The Morgan fingerprint density at radius 1 is 1.18 bits per heavy atom. The molecule has 1 aliphatic heterocycles. The van der Waals surface area contributed by atoms with Crippen molar-refractivity contribution in [2.45, 2.75) is 32.1 Å². The molecule has 0 spiro atoms. The average molecular weight is 236 g/mol. The molecule has 0 bridgehead atoms. The monoisotopic (exact) mass is 236 g/mol. The molecular formula is C13H17FN2O. The van der Waals surface area contributed by atoms with Gasteiger partial charge in [0.1, 0.15) is 0 Å². The molecule has 92 valence electrons. The van der Waals surface area contributed by atoms with E-state index in [1.165, 1.54) is 18.7 Å². The van der Waals surface area contributed by atoms with Crippen molar-refractivity contribution in [3.63, 3.8) is 0 Å². The number of nitrogens with zero attached hydrogens (tertiary/aromatic N) is 2. The Morgan fingerprint density at radius 3 is 2.47 bits per heavy atom. The van der Waals surface area contributed by atoms with Crippen molar-refractivity contribution >= 4 is 5.91 Å². The van der Waals surface area contributed by atoms with Crippen molar-refractivity contribution in [2.24, 2.45) is 0 Å². The molecule has 0 radical (unpaired) electrons. The molecule has 17 heavy (non-hydrogen) atoms. The van der Waals surface area contributed by atoms with E-state index in [4.69, 9.17) is 0 Å². The van der Waals surface area contributed by atoms with E-state index in [1.807, 2.05) is 0 Å². The standard InChI is InChI=1S/C13H17FN2O/c14-12-11(7-6-8-15-12)13(17)16-9-4-2-1-3-5-10-16/h6-8H,1-5,9-10H2. The molecule has 0 atom stereocenters. The third-order valence-corrected chi connectivity index (χ3v) is 3.13. The van der Waals surface area contributed by atoms with Crippen LogP contribution in [0.3, 0.4) is 0 Å². The SMILES string of the molecule is O=C(c1cccnc1F)N1CCCCCCC1. The summed E-state index contributed by atoms with van der Waals surface area (Å²) in [6.07, 6.45) is 6.92. The summed E-state index contributed by atoms with van der Waals surface area (Å²) in [5.41, 5.74) is 0.0908. The number of amides is 1. The van der Waals surface area contributed by atoms with Crippen LogP contribution in [0.5, 0.6) is 0 Å². The van der Waals surface area contributed by atoms with Crippen LogP contribution in [0.15, 0.2) is 18.3 Å². The zero-order chi connectivity index (χ0) is 12.1. The average Bonchev–Trinajstić information content (AvgIpc) is 2.28. The Hall–Kier alpha value is -1.45. The highest BCUT2D eigenvalue weighted by molar-refractivity contribution is 5.94. The predicted molar refractivity (Wildman–Crippen MR) is 63.2 cm³/mol. The number of carbonyl (C=O) groups excluding carboxylic acids is 1. The molecule has 0 aromatic carbocycles. The van der Waals surface area contributed by atoms with Crippen molar-refractivity contribution in [2.75, 3.05) is 13.1 Å². The first-order valence-electron chi connectivity index (χ1n) is 6.19. The molecule has 4 heteroatoms. The van der Waals surface area contributed by atoms with Gasteiger partial charge in [-0.3, -0.25) is 4.79 Å². The van der Waals surface area contributed by atoms with Gasteiger partial charge in [0.15, 0.2) is 0 Å². The van der Waals surface area contributed by atoms with Gasteiger partial charge in [-0.25, -0.2) is 4.98 Å². The van der Waals surface area contributed by atoms with Crippen LogP contribution in [-0.2, 0) is 0 Å². The van der Waals surface area contributed by atoms with Gasteiger partial charge in [-0.1, -0.05) is 19.3 Å². The Balaban J connectivity index is 2.10. The molecule has 3 nitrogen and oxygen atoms in total. The molecule has 1 aromatic rings. The maximum atomic E-state index is 13.4. The third kappa shape index (κ3) is 3.02. The van der Waals surface area contributed by atoms with Crippen LogP contribution < -0.4 is 0 Å². The van der Waals surface area contributed by atoms with Crippen LogP contribution in [0.25, 0.3) is 0 Å². The molecule has 0 N–H and O–H groups in total. The lowest BCUT2D eigenvalue weighted by atomic mass is 10.1. The summed E-state index contributed by atoms with van der Waals surface area (Å²) in [5.74, 6) is -0.892. The highest BCUT2D eigenvalue weighted by Crippen LogP contribution is 2.14. The lowest BCUT2D eigenvalue weighted by molar-refractivity contribution is 0.0736. The van der Waals surface area contributed by atoms with Crippen LogP contribution in [-0.4, -0.2) is 28.9 Å². The third-order valence-electron chi connectivity index (χ3n) is 3.13. The van der Waals surface area contributed by atoms with Crippen LogP contribution in [0.2, 0.25) is 0 Å². The van der Waals surface area contributed by atoms with E-state index in [-0.39, 0.29) is 11.5 Å². The zero-order valence-corrected chi connectivity index (χ0v) is 9.86. The summed E-state index contributed by atoms with van der Waals surface area (Å²) in [5, 5.41) is 0. The molecule has 1 saturated heterocycles. The molecule has 1 aromatic heterocycles. The Morgan fingerprint density at radius 2 is 1.82 bits per heavy atom. The van der Waals surface area contributed by atoms with E-state index in [1.54, 1.807) is 11.0 Å². The second-order valence-electron chi connectivity index (χ2n) is 4.40. The summed E-state index contributed by atoms with van der Waals surface area (Å²) in [6, 6.07) is 3.10. The number of carbonyl (C=O) groups is 1. The highest BCUT2D eigenvalue weighted by atomic mass is 19.1. The van der Waals surface area contributed by atoms with Gasteiger partial charge < -0.3 is 4.90 Å². The minimum Gasteiger partial charge on any atom is -0.339 e. The number of hydrogen-bond acceptors (Lipinski definition) is 2. The second-order valence-corrected chi connectivity index (χ2v) is 4.40. The van der Waals surface area contributed by atoms with Crippen molar-refractivity contribution in [1.29, 1.82) is 0 Å². The normalized spacial score (nSPS) is 17.4. The number of rotatable bonds is 1. The van der Waals surface area contributed by atoms with Crippen molar-refractivity contribution in [1.82, 2.24) is 9.88 Å². The van der Waals surface area contributed by atoms with Gasteiger partial charge in [0.2, 0.25) is 5.95 Å². The van der Waals surface area contributed by atoms with Gasteiger partial charge in [0.05, 0.1) is 5.56 Å². The van der Waals surface area contributed by atoms with Crippen LogP contribution >= 0.6 is 0 Å². The van der Waals surface area contributed by atoms with E-state index in [2.05, 4.69) is 4.98 Å². The van der Waals surface area contributed by atoms with Crippen molar-refractivity contribution in [3.8, 4) is 0 Å². The maximum absolute atomic E-state index is 13.4. The Labute approximate surface area is 101 Å². The fourth-order valence-corrected chi connectivity index (χ4v) is 2.17. The van der Waals surface area contributed by atoms with E-state index in [0.29, 0.717) is 0 Å². The molecular weight excluding hydrogens is 219 g/mol. The molecule has 1 aliphatic rings. The number of halogens is 1. The van der Waals surface area contributed by atoms with Crippen LogP contribution in [0, 0.1) is 5.95 Å². The van der Waals surface area contributed by atoms with Crippen LogP contribution in [0.1, 0.15) is 42.5 Å². The Bertz CT molecular complexity index is 387. The quantitative estimate of drug-likeness (QED) is 0.702. The van der Waals surface area contributed by atoms with E-state index in [0.717, 1.165) is 38.8 Å². The summed E-state index contributed by atoms with van der Waals surface area (Å²) in [7, 11) is 0. The first-order chi connectivity index (χ1) is 8.29. The summed E-state index contributed by atoms with van der Waals surface area (Å²) < 4.78 is 13.4. The first-order valence-corrected chi connectivity index (χ1v) is 6.19. The van der Waals surface area contributed by atoms with Gasteiger partial charge in [-0.15, -0.1) is 0 Å². The summed E-state index contributed by atoms with van der Waals surface area (Å²) in [4.78, 5) is 17.4. The van der Waals surface area contributed by atoms with Crippen molar-refractivity contribution in [3.05, 3.63) is 29.8 Å². The van der Waals surface area contributed by atoms with E-state index in [9.17, 15) is 9.18 Å². The van der Waals surface area contributed by atoms with Gasteiger partial charge in [-0.2, -0.15) is 4.39 Å². The van der Waals surface area contributed by atoms with Gasteiger partial charge in [0, 0.05) is 19.3 Å². The summed E-state index contributed by atoms with van der Waals surface area (Å²) >= 11 is 0.